The predicted molar refractivity (Wildman–Crippen MR) is 152 cm³/mol. The van der Waals surface area contributed by atoms with E-state index < -0.39 is 5.97 Å². The number of aliphatic imine (C=N–C) groups is 1. The van der Waals surface area contributed by atoms with Gasteiger partial charge in [0.2, 0.25) is 0 Å². The van der Waals surface area contributed by atoms with Crippen LogP contribution in [0.25, 0.3) is 0 Å². The molecular weight excluding hydrogens is 492 g/mol. The maximum absolute atomic E-state index is 13.1. The zero-order chi connectivity index (χ0) is 27.8. The number of nitrogens with zero attached hydrogens (tertiary/aromatic N) is 2. The molecule has 8 atom stereocenters. The number of piperidine rings is 2. The molecule has 0 amide bonds. The fourth-order valence-corrected chi connectivity index (χ4v) is 8.45. The van der Waals surface area contributed by atoms with E-state index in [1.165, 1.54) is 44.6 Å². The first-order valence-corrected chi connectivity index (χ1v) is 15.1. The first-order chi connectivity index (χ1) is 18.7. The lowest BCUT2D eigenvalue weighted by Crippen LogP contribution is -2.60. The number of ether oxygens (including phenoxy) is 2. The number of benzene rings is 1. The molecule has 1 N–H and O–H groups in total. The maximum atomic E-state index is 13.1. The summed E-state index contributed by atoms with van der Waals surface area (Å²) in [6, 6.07) is 3.87. The number of carbonyl (C=O) groups excluding carboxylic acids is 2. The summed E-state index contributed by atoms with van der Waals surface area (Å²) in [4.78, 5) is 34.0. The third-order valence-electron chi connectivity index (χ3n) is 10.2. The molecule has 3 fully saturated rings. The second kappa shape index (κ2) is 11.6. The average molecular weight is 539 g/mol. The van der Waals surface area contributed by atoms with Gasteiger partial charge in [-0.2, -0.15) is 0 Å². The van der Waals surface area contributed by atoms with E-state index in [0.29, 0.717) is 59.1 Å². The fraction of sp³-hybridized carbons (Fsp3) is 0.719. The smallest absolute Gasteiger partial charge is 0.338 e. The molecule has 8 unspecified atom stereocenters. The molecule has 7 heteroatoms. The van der Waals surface area contributed by atoms with Crippen molar-refractivity contribution in [2.24, 2.45) is 34.6 Å². The number of phenolic OH excluding ortho intramolecular Hbond substituents is 1. The molecule has 39 heavy (non-hydrogen) atoms. The lowest BCUT2D eigenvalue weighted by molar-refractivity contribution is -0.131. The number of carbonyl (C=O) groups is 2. The molecule has 0 bridgehead atoms. The van der Waals surface area contributed by atoms with Crippen LogP contribution in [0.3, 0.4) is 0 Å². The highest BCUT2D eigenvalue weighted by Gasteiger charge is 2.53. The number of unbranched alkanes of at least 4 members (excludes halogenated alkanes) is 1. The lowest BCUT2D eigenvalue weighted by atomic mass is 9.62. The van der Waals surface area contributed by atoms with Crippen LogP contribution in [0.5, 0.6) is 11.5 Å². The molecule has 0 radical (unpaired) electrons. The number of hydrogen-bond donors (Lipinski definition) is 1. The van der Waals surface area contributed by atoms with Gasteiger partial charge >= 0.3 is 5.97 Å². The number of Topliss-reactive ketones (excluding diaryl/α,β-unsaturated/α-hetero) is 1. The van der Waals surface area contributed by atoms with Crippen molar-refractivity contribution in [2.45, 2.75) is 97.2 Å². The highest BCUT2D eigenvalue weighted by atomic mass is 16.5. The quantitative estimate of drug-likeness (QED) is 0.434. The summed E-state index contributed by atoms with van der Waals surface area (Å²) in [7, 11) is 1.49. The molecule has 1 aliphatic carbocycles. The van der Waals surface area contributed by atoms with Gasteiger partial charge in [-0.3, -0.25) is 14.7 Å². The van der Waals surface area contributed by atoms with Gasteiger partial charge in [0.05, 0.1) is 18.7 Å². The molecule has 214 valence electrons. The maximum Gasteiger partial charge on any atom is 0.338 e. The van der Waals surface area contributed by atoms with Crippen molar-refractivity contribution in [1.29, 1.82) is 0 Å². The number of esters is 1. The van der Waals surface area contributed by atoms with Gasteiger partial charge in [0.1, 0.15) is 11.9 Å². The normalized spacial score (nSPS) is 33.9. The minimum absolute atomic E-state index is 0.0748. The number of hydrogen-bond acceptors (Lipinski definition) is 7. The van der Waals surface area contributed by atoms with Gasteiger partial charge in [-0.15, -0.1) is 0 Å². The van der Waals surface area contributed by atoms with Crippen LogP contribution in [0.2, 0.25) is 0 Å². The third-order valence-corrected chi connectivity index (χ3v) is 10.2. The molecule has 4 aliphatic rings. The van der Waals surface area contributed by atoms with Gasteiger partial charge in [-0.1, -0.05) is 26.7 Å². The lowest BCUT2D eigenvalue weighted by Gasteiger charge is -2.54. The van der Waals surface area contributed by atoms with E-state index in [4.69, 9.17) is 14.5 Å². The minimum Gasteiger partial charge on any atom is -0.504 e. The third kappa shape index (κ3) is 5.36. The minimum atomic E-state index is -0.457. The first kappa shape index (κ1) is 28.1. The van der Waals surface area contributed by atoms with Crippen LogP contribution in [0.4, 0.5) is 0 Å². The van der Waals surface area contributed by atoms with E-state index in [1.807, 2.05) is 0 Å². The van der Waals surface area contributed by atoms with Crippen LogP contribution in [-0.2, 0) is 9.53 Å². The van der Waals surface area contributed by atoms with Crippen molar-refractivity contribution in [3.8, 4) is 11.5 Å². The van der Waals surface area contributed by atoms with Gasteiger partial charge in [0.25, 0.3) is 0 Å². The molecule has 7 nitrogen and oxygen atoms in total. The SMILES string of the molecule is CCCCC1C(CC)=NC2C1CCN1CC3CC(OC(=O)c4cc(C)c(OC)c(O)c4)CC(C(C)=O)C3CC21. The van der Waals surface area contributed by atoms with Crippen LogP contribution in [0, 0.1) is 36.5 Å². The van der Waals surface area contributed by atoms with Gasteiger partial charge < -0.3 is 14.6 Å². The molecular formula is C32H46N2O5. The van der Waals surface area contributed by atoms with E-state index in [1.54, 1.807) is 19.9 Å². The van der Waals surface area contributed by atoms with E-state index >= 15 is 0 Å². The van der Waals surface area contributed by atoms with Crippen molar-refractivity contribution < 1.29 is 24.2 Å². The van der Waals surface area contributed by atoms with Gasteiger partial charge in [-0.25, -0.2) is 4.79 Å². The molecule has 0 spiro atoms. The zero-order valence-electron chi connectivity index (χ0n) is 24.3. The Kier molecular flexibility index (Phi) is 8.37. The van der Waals surface area contributed by atoms with Crippen LogP contribution >= 0.6 is 0 Å². The van der Waals surface area contributed by atoms with Crippen LogP contribution in [-0.4, -0.2) is 65.9 Å². The summed E-state index contributed by atoms with van der Waals surface area (Å²) in [6.07, 6.45) is 8.09. The van der Waals surface area contributed by atoms with E-state index in [-0.39, 0.29) is 23.6 Å². The standard InChI is InChI=1S/C32H46N2O5/c1-6-8-9-23-24-10-11-34-17-21-13-22(39-32(37)20-12-18(3)31(38-5)29(36)14-20)15-25(19(4)35)26(21)16-28(34)30(24)33-27(23)7-2/h12,14,21-26,28,30,36H,6-11,13,15-17H2,1-5H3. The Hall–Kier alpha value is -2.41. The number of methoxy groups -OCH3 is 1. The Morgan fingerprint density at radius 1 is 1.15 bits per heavy atom. The van der Waals surface area contributed by atoms with Gasteiger partial charge in [-0.05, 0) is 94.4 Å². The summed E-state index contributed by atoms with van der Waals surface area (Å²) in [5.74, 6) is 1.88. The first-order valence-electron chi connectivity index (χ1n) is 15.1. The molecule has 1 saturated carbocycles. The average Bonchev–Trinajstić information content (AvgIpc) is 3.28. The Morgan fingerprint density at radius 2 is 1.95 bits per heavy atom. The van der Waals surface area contributed by atoms with Gasteiger partial charge in [0.15, 0.2) is 11.5 Å². The summed E-state index contributed by atoms with van der Waals surface area (Å²) >= 11 is 0. The second-order valence-corrected chi connectivity index (χ2v) is 12.4. The zero-order valence-corrected chi connectivity index (χ0v) is 24.3. The number of ketones is 1. The summed E-state index contributed by atoms with van der Waals surface area (Å²) in [5.41, 5.74) is 2.41. The number of phenols is 1. The Morgan fingerprint density at radius 3 is 2.62 bits per heavy atom. The molecule has 1 aromatic rings. The number of fused-ring (bicyclic) bond motifs is 4. The molecule has 0 aromatic heterocycles. The summed E-state index contributed by atoms with van der Waals surface area (Å²) < 4.78 is 11.2. The van der Waals surface area contributed by atoms with Crippen LogP contribution in [0.1, 0.15) is 88.1 Å². The fourth-order valence-electron chi connectivity index (χ4n) is 8.45. The van der Waals surface area contributed by atoms with Crippen molar-refractivity contribution in [1.82, 2.24) is 4.90 Å². The second-order valence-electron chi connectivity index (χ2n) is 12.4. The topological polar surface area (TPSA) is 88.4 Å². The van der Waals surface area contributed by atoms with E-state index in [9.17, 15) is 14.7 Å². The van der Waals surface area contributed by atoms with Crippen molar-refractivity contribution in [3.63, 3.8) is 0 Å². The van der Waals surface area contributed by atoms with E-state index in [2.05, 4.69) is 18.7 Å². The molecule has 3 heterocycles. The van der Waals surface area contributed by atoms with E-state index in [0.717, 1.165) is 32.4 Å². The highest BCUT2D eigenvalue weighted by Crippen LogP contribution is 2.49. The number of aryl methyl sites for hydroxylation is 1. The number of rotatable bonds is 8. The molecule has 2 saturated heterocycles. The van der Waals surface area contributed by atoms with Crippen molar-refractivity contribution >= 4 is 17.5 Å². The van der Waals surface area contributed by atoms with Crippen LogP contribution < -0.4 is 4.74 Å². The molecule has 1 aromatic carbocycles. The largest absolute Gasteiger partial charge is 0.504 e. The molecule has 5 rings (SSSR count). The highest BCUT2D eigenvalue weighted by molar-refractivity contribution is 5.91. The predicted octanol–water partition coefficient (Wildman–Crippen LogP) is 5.60. The van der Waals surface area contributed by atoms with Crippen molar-refractivity contribution in [3.05, 3.63) is 23.3 Å². The number of aromatic hydroxyl groups is 1. The molecule has 3 aliphatic heterocycles. The summed E-state index contributed by atoms with van der Waals surface area (Å²) in [6.45, 7) is 10.1. The van der Waals surface area contributed by atoms with Crippen molar-refractivity contribution in [2.75, 3.05) is 20.2 Å². The Labute approximate surface area is 233 Å². The summed E-state index contributed by atoms with van der Waals surface area (Å²) in [5, 5.41) is 10.3. The van der Waals surface area contributed by atoms with Crippen LogP contribution in [0.15, 0.2) is 17.1 Å². The Bertz CT molecular complexity index is 1090. The monoisotopic (exact) mass is 538 g/mol. The van der Waals surface area contributed by atoms with Gasteiger partial charge in [0, 0.05) is 30.1 Å². The Balaban J connectivity index is 1.30.